The molecule has 0 unspecified atom stereocenters. The van der Waals surface area contributed by atoms with Crippen LogP contribution >= 0.6 is 0 Å². The fraction of sp³-hybridized carbons (Fsp3) is 0.737. The van der Waals surface area contributed by atoms with Gasteiger partial charge < -0.3 is 19.9 Å². The summed E-state index contributed by atoms with van der Waals surface area (Å²) in [5, 5.41) is 12.7. The van der Waals surface area contributed by atoms with E-state index in [9.17, 15) is 19.5 Å². The summed E-state index contributed by atoms with van der Waals surface area (Å²) in [6, 6.07) is 0. The van der Waals surface area contributed by atoms with Crippen LogP contribution in [-0.2, 0) is 19.1 Å². The van der Waals surface area contributed by atoms with E-state index in [0.717, 1.165) is 19.3 Å². The van der Waals surface area contributed by atoms with Crippen molar-refractivity contribution in [3.8, 4) is 0 Å². The first kappa shape index (κ1) is 22.2. The van der Waals surface area contributed by atoms with Crippen molar-refractivity contribution in [3.05, 3.63) is 12.2 Å². The van der Waals surface area contributed by atoms with Crippen molar-refractivity contribution in [3.63, 3.8) is 0 Å². The quantitative estimate of drug-likeness (QED) is 0.329. The number of hydrogen-bond donors (Lipinski definition) is 2. The fourth-order valence-electron chi connectivity index (χ4n) is 2.97. The lowest BCUT2D eigenvalue weighted by molar-refractivity contribution is -0.140. The zero-order valence-electron chi connectivity index (χ0n) is 15.7. The molecule has 0 saturated heterocycles. The molecule has 1 rings (SSSR count). The number of carbonyl (C=O) groups is 3. The zero-order chi connectivity index (χ0) is 19.4. The summed E-state index contributed by atoms with van der Waals surface area (Å²) in [6.45, 7) is 2.62. The van der Waals surface area contributed by atoms with E-state index in [1.54, 1.807) is 0 Å². The van der Waals surface area contributed by atoms with E-state index in [1.165, 1.54) is 7.11 Å². The second kappa shape index (κ2) is 12.5. The normalized spacial score (nSPS) is 22.6. The molecule has 0 bridgehead atoms. The molecule has 0 spiro atoms. The summed E-state index contributed by atoms with van der Waals surface area (Å²) in [5.41, 5.74) is 0. The molecule has 148 valence electrons. The summed E-state index contributed by atoms with van der Waals surface area (Å²) in [5.74, 6) is -0.955. The average Bonchev–Trinajstić information content (AvgIpc) is 2.89. The summed E-state index contributed by atoms with van der Waals surface area (Å²) < 4.78 is 9.74. The van der Waals surface area contributed by atoms with E-state index in [2.05, 4.69) is 10.1 Å². The topological polar surface area (TPSA) is 102 Å². The molecule has 0 aromatic rings. The van der Waals surface area contributed by atoms with E-state index in [0.29, 0.717) is 25.8 Å². The van der Waals surface area contributed by atoms with E-state index in [-0.39, 0.29) is 36.6 Å². The number of nitrogens with one attached hydrogen (secondary N) is 1. The Balaban J connectivity index is 2.38. The van der Waals surface area contributed by atoms with Crippen molar-refractivity contribution in [1.29, 1.82) is 0 Å². The SMILES string of the molecule is CCCCNC(=O)OC[C@H]1[C@H](O)CC(=O)[C@@H]1CC=CCCCC(=O)OC. The number of aliphatic hydroxyl groups excluding tert-OH is 1. The third kappa shape index (κ3) is 7.99. The molecule has 1 aliphatic rings. The minimum absolute atomic E-state index is 0.00305. The van der Waals surface area contributed by atoms with Crippen molar-refractivity contribution >= 4 is 17.8 Å². The van der Waals surface area contributed by atoms with Crippen LogP contribution in [0.25, 0.3) is 0 Å². The largest absolute Gasteiger partial charge is 0.469 e. The Kier molecular flexibility index (Phi) is 10.6. The summed E-state index contributed by atoms with van der Waals surface area (Å²) in [4.78, 5) is 34.7. The van der Waals surface area contributed by atoms with Gasteiger partial charge in [0.05, 0.1) is 19.8 Å². The average molecular weight is 369 g/mol. The Morgan fingerprint density at radius 3 is 2.77 bits per heavy atom. The van der Waals surface area contributed by atoms with Crippen molar-refractivity contribution in [2.45, 2.75) is 58.0 Å². The second-order valence-corrected chi connectivity index (χ2v) is 6.56. The first-order valence-electron chi connectivity index (χ1n) is 9.32. The number of hydrogen-bond acceptors (Lipinski definition) is 6. The molecular weight excluding hydrogens is 338 g/mol. The Hall–Kier alpha value is -1.89. The van der Waals surface area contributed by atoms with Crippen molar-refractivity contribution in [1.82, 2.24) is 5.32 Å². The van der Waals surface area contributed by atoms with Gasteiger partial charge in [0.25, 0.3) is 0 Å². The van der Waals surface area contributed by atoms with Gasteiger partial charge in [-0.25, -0.2) is 4.79 Å². The van der Waals surface area contributed by atoms with Crippen LogP contribution in [0, 0.1) is 11.8 Å². The van der Waals surface area contributed by atoms with Crippen LogP contribution < -0.4 is 5.32 Å². The van der Waals surface area contributed by atoms with E-state index in [1.807, 2.05) is 19.1 Å². The summed E-state index contributed by atoms with van der Waals surface area (Å²) >= 11 is 0. The van der Waals surface area contributed by atoms with Gasteiger partial charge in [-0.3, -0.25) is 9.59 Å². The van der Waals surface area contributed by atoms with Crippen molar-refractivity contribution in [2.75, 3.05) is 20.3 Å². The van der Waals surface area contributed by atoms with Crippen LogP contribution in [-0.4, -0.2) is 49.3 Å². The van der Waals surface area contributed by atoms with Gasteiger partial charge in [-0.2, -0.15) is 0 Å². The highest BCUT2D eigenvalue weighted by Crippen LogP contribution is 2.32. The standard InChI is InChI=1S/C19H31NO6/c1-3-4-11-20-19(24)26-13-15-14(16(21)12-17(15)22)9-7-5-6-8-10-18(23)25-2/h5,7,14-15,17,22H,3-4,6,8-13H2,1-2H3,(H,20,24)/t14-,15-,17-/m1/s1. The molecule has 0 aromatic heterocycles. The van der Waals surface area contributed by atoms with E-state index in [4.69, 9.17) is 4.74 Å². The lowest BCUT2D eigenvalue weighted by atomic mass is 9.91. The smallest absolute Gasteiger partial charge is 0.407 e. The van der Waals surface area contributed by atoms with E-state index < -0.39 is 12.2 Å². The van der Waals surface area contributed by atoms with Crippen LogP contribution in [0.3, 0.4) is 0 Å². The lowest BCUT2D eigenvalue weighted by Gasteiger charge is -2.19. The maximum atomic E-state index is 12.1. The number of methoxy groups -OCH3 is 1. The number of Topliss-reactive ketones (excluding diaryl/α,β-unsaturated/α-hetero) is 1. The molecule has 1 aliphatic carbocycles. The predicted molar refractivity (Wildman–Crippen MR) is 96.5 cm³/mol. The fourth-order valence-corrected chi connectivity index (χ4v) is 2.97. The number of alkyl carbamates (subject to hydrolysis) is 1. The number of rotatable bonds is 11. The molecule has 1 amide bonds. The minimum atomic E-state index is -0.774. The van der Waals surface area contributed by atoms with Crippen LogP contribution in [0.2, 0.25) is 0 Å². The number of ketones is 1. The molecule has 1 saturated carbocycles. The Morgan fingerprint density at radius 2 is 2.08 bits per heavy atom. The van der Waals surface area contributed by atoms with Crippen molar-refractivity contribution in [2.24, 2.45) is 11.8 Å². The first-order chi connectivity index (χ1) is 12.5. The second-order valence-electron chi connectivity index (χ2n) is 6.56. The van der Waals surface area contributed by atoms with Gasteiger partial charge in [0.1, 0.15) is 5.78 Å². The highest BCUT2D eigenvalue weighted by Gasteiger charge is 2.41. The van der Waals surface area contributed by atoms with Gasteiger partial charge in [-0.1, -0.05) is 25.5 Å². The number of allylic oxidation sites excluding steroid dienone is 2. The van der Waals surface area contributed by atoms with Crippen molar-refractivity contribution < 1.29 is 29.0 Å². The molecule has 2 N–H and O–H groups in total. The third-order valence-electron chi connectivity index (χ3n) is 4.58. The highest BCUT2D eigenvalue weighted by molar-refractivity contribution is 5.84. The first-order valence-corrected chi connectivity index (χ1v) is 9.32. The van der Waals surface area contributed by atoms with Crippen LogP contribution in [0.15, 0.2) is 12.2 Å². The minimum Gasteiger partial charge on any atom is -0.469 e. The summed E-state index contributed by atoms with van der Waals surface area (Å²) in [7, 11) is 1.36. The third-order valence-corrected chi connectivity index (χ3v) is 4.58. The molecule has 7 heteroatoms. The highest BCUT2D eigenvalue weighted by atomic mass is 16.5. The monoisotopic (exact) mass is 369 g/mol. The molecule has 0 heterocycles. The number of amides is 1. The van der Waals surface area contributed by atoms with Gasteiger partial charge in [0, 0.05) is 31.2 Å². The van der Waals surface area contributed by atoms with E-state index >= 15 is 0 Å². The van der Waals surface area contributed by atoms with Gasteiger partial charge in [-0.15, -0.1) is 0 Å². The van der Waals surface area contributed by atoms with Gasteiger partial charge >= 0.3 is 12.1 Å². The van der Waals surface area contributed by atoms with Crippen LogP contribution in [0.5, 0.6) is 0 Å². The van der Waals surface area contributed by atoms with Gasteiger partial charge in [0.15, 0.2) is 0 Å². The molecule has 0 radical (unpaired) electrons. The number of ether oxygens (including phenoxy) is 2. The number of unbranched alkanes of at least 4 members (excludes halogenated alkanes) is 2. The Bertz CT molecular complexity index is 490. The molecule has 3 atom stereocenters. The lowest BCUT2D eigenvalue weighted by Crippen LogP contribution is -2.31. The zero-order valence-corrected chi connectivity index (χ0v) is 15.7. The van der Waals surface area contributed by atoms with Gasteiger partial charge in [0.2, 0.25) is 0 Å². The molecule has 26 heavy (non-hydrogen) atoms. The number of carbonyl (C=O) groups excluding carboxylic acids is 3. The Labute approximate surface area is 155 Å². The van der Waals surface area contributed by atoms with Gasteiger partial charge in [-0.05, 0) is 25.7 Å². The van der Waals surface area contributed by atoms with Crippen LogP contribution in [0.4, 0.5) is 4.79 Å². The maximum absolute atomic E-state index is 12.1. The number of esters is 1. The molecule has 7 nitrogen and oxygen atoms in total. The summed E-state index contributed by atoms with van der Waals surface area (Å²) in [6.07, 6.45) is 6.77. The van der Waals surface area contributed by atoms with Crippen LogP contribution in [0.1, 0.15) is 51.9 Å². The predicted octanol–water partition coefficient (Wildman–Crippen LogP) is 2.37. The molecule has 0 aliphatic heterocycles. The molecular formula is C19H31NO6. The molecule has 0 aromatic carbocycles. The Morgan fingerprint density at radius 1 is 1.31 bits per heavy atom. The number of aliphatic hydroxyl groups is 1. The maximum Gasteiger partial charge on any atom is 0.407 e. The molecule has 1 fully saturated rings.